The average molecular weight is 226 g/mol. The Kier molecular flexibility index (Phi) is 4.34. The van der Waals surface area contributed by atoms with Crippen LogP contribution in [0.4, 0.5) is 0 Å². The van der Waals surface area contributed by atoms with Crippen LogP contribution in [0, 0.1) is 0 Å². The predicted octanol–water partition coefficient (Wildman–Crippen LogP) is 2.53. The topological polar surface area (TPSA) is 29.5 Å². The number of allylic oxidation sites excluding steroid dienone is 1. The summed E-state index contributed by atoms with van der Waals surface area (Å²) in [6.07, 6.45) is 2.99. The summed E-state index contributed by atoms with van der Waals surface area (Å²) in [5.74, 6) is -0.0874. The minimum atomic E-state index is -0.0874. The smallest absolute Gasteiger partial charge is 0.187 e. The molecule has 0 heterocycles. The molecule has 0 bridgehead atoms. The highest BCUT2D eigenvalue weighted by Gasteiger charge is 2.00. The molecule has 0 amide bonds. The van der Waals surface area contributed by atoms with Crippen molar-refractivity contribution in [2.45, 2.75) is 0 Å². The summed E-state index contributed by atoms with van der Waals surface area (Å²) in [4.78, 5) is 16.4. The van der Waals surface area contributed by atoms with Crippen molar-refractivity contribution in [3.05, 3.63) is 47.1 Å². The molecule has 0 saturated heterocycles. The molecule has 4 heteroatoms. The number of nitrogens with zero attached hydrogens (tertiary/aromatic N) is 1. The zero-order chi connectivity index (χ0) is 11.3. The SMILES string of the molecule is CON(C)/C=C/C(=O)c1ccc(Cl)cc1. The van der Waals surface area contributed by atoms with Crippen molar-refractivity contribution in [3.63, 3.8) is 0 Å². The molecule has 0 aliphatic carbocycles. The second-order valence-corrected chi connectivity index (χ2v) is 3.35. The lowest BCUT2D eigenvalue weighted by molar-refractivity contribution is -0.0645. The van der Waals surface area contributed by atoms with Gasteiger partial charge in [-0.1, -0.05) is 11.6 Å². The Morgan fingerprint density at radius 3 is 2.53 bits per heavy atom. The summed E-state index contributed by atoms with van der Waals surface area (Å²) < 4.78 is 0. The molecule has 0 aliphatic heterocycles. The van der Waals surface area contributed by atoms with Crippen molar-refractivity contribution in [2.24, 2.45) is 0 Å². The van der Waals surface area contributed by atoms with Gasteiger partial charge < -0.3 is 0 Å². The van der Waals surface area contributed by atoms with Gasteiger partial charge in [0.1, 0.15) is 0 Å². The van der Waals surface area contributed by atoms with Crippen LogP contribution in [0.5, 0.6) is 0 Å². The summed E-state index contributed by atoms with van der Waals surface area (Å²) in [6, 6.07) is 6.73. The number of rotatable bonds is 4. The molecule has 0 atom stereocenters. The first kappa shape index (κ1) is 11.8. The fraction of sp³-hybridized carbons (Fsp3) is 0.182. The predicted molar refractivity (Wildman–Crippen MR) is 59.7 cm³/mol. The van der Waals surface area contributed by atoms with E-state index >= 15 is 0 Å². The number of carbonyl (C=O) groups excluding carboxylic acids is 1. The summed E-state index contributed by atoms with van der Waals surface area (Å²) >= 11 is 5.71. The zero-order valence-corrected chi connectivity index (χ0v) is 9.36. The van der Waals surface area contributed by atoms with Crippen LogP contribution in [0.15, 0.2) is 36.5 Å². The molecule has 0 saturated carbocycles. The maximum Gasteiger partial charge on any atom is 0.187 e. The highest BCUT2D eigenvalue weighted by molar-refractivity contribution is 6.30. The Morgan fingerprint density at radius 2 is 2.00 bits per heavy atom. The Morgan fingerprint density at radius 1 is 1.40 bits per heavy atom. The summed E-state index contributed by atoms with van der Waals surface area (Å²) in [5.41, 5.74) is 0.597. The highest BCUT2D eigenvalue weighted by Crippen LogP contribution is 2.10. The van der Waals surface area contributed by atoms with Crippen LogP contribution in [0.25, 0.3) is 0 Å². The van der Waals surface area contributed by atoms with E-state index in [0.29, 0.717) is 10.6 Å². The number of carbonyl (C=O) groups is 1. The Bertz CT molecular complexity index is 359. The molecule has 0 aromatic heterocycles. The number of hydrogen-bond acceptors (Lipinski definition) is 3. The van der Waals surface area contributed by atoms with Gasteiger partial charge in [-0.15, -0.1) is 0 Å². The van der Waals surface area contributed by atoms with Gasteiger partial charge in [0.2, 0.25) is 0 Å². The van der Waals surface area contributed by atoms with Gasteiger partial charge in [0, 0.05) is 29.9 Å². The lowest BCUT2D eigenvalue weighted by atomic mass is 10.1. The van der Waals surface area contributed by atoms with E-state index in [0.717, 1.165) is 0 Å². The highest BCUT2D eigenvalue weighted by atomic mass is 35.5. The number of hydrogen-bond donors (Lipinski definition) is 0. The fourth-order valence-corrected chi connectivity index (χ4v) is 1.07. The molecule has 0 spiro atoms. The third kappa shape index (κ3) is 3.73. The van der Waals surface area contributed by atoms with E-state index in [2.05, 4.69) is 0 Å². The lowest BCUT2D eigenvalue weighted by Gasteiger charge is -2.08. The van der Waals surface area contributed by atoms with Crippen LogP contribution in [-0.2, 0) is 4.84 Å². The molecular formula is C11H12ClNO2. The molecule has 0 N–H and O–H groups in total. The zero-order valence-electron chi connectivity index (χ0n) is 8.61. The summed E-state index contributed by atoms with van der Waals surface area (Å²) in [5, 5.41) is 2.05. The van der Waals surface area contributed by atoms with E-state index in [1.807, 2.05) is 0 Å². The van der Waals surface area contributed by atoms with E-state index in [1.54, 1.807) is 37.5 Å². The van der Waals surface area contributed by atoms with Gasteiger partial charge in [-0.3, -0.25) is 14.7 Å². The maximum absolute atomic E-state index is 11.6. The van der Waals surface area contributed by atoms with Crippen LogP contribution < -0.4 is 0 Å². The van der Waals surface area contributed by atoms with Gasteiger partial charge in [-0.25, -0.2) is 0 Å². The lowest BCUT2D eigenvalue weighted by Crippen LogP contribution is -2.08. The monoisotopic (exact) mass is 225 g/mol. The largest absolute Gasteiger partial charge is 0.289 e. The van der Waals surface area contributed by atoms with E-state index in [-0.39, 0.29) is 5.78 Å². The van der Waals surface area contributed by atoms with E-state index in [4.69, 9.17) is 16.4 Å². The normalized spacial score (nSPS) is 10.6. The number of halogens is 1. The first-order chi connectivity index (χ1) is 7.13. The molecule has 1 aromatic carbocycles. The van der Waals surface area contributed by atoms with Crippen LogP contribution in [0.3, 0.4) is 0 Å². The van der Waals surface area contributed by atoms with Gasteiger partial charge >= 0.3 is 0 Å². The second-order valence-electron chi connectivity index (χ2n) is 2.92. The summed E-state index contributed by atoms with van der Waals surface area (Å²) in [7, 11) is 3.22. The van der Waals surface area contributed by atoms with Crippen molar-refractivity contribution in [2.75, 3.05) is 14.2 Å². The molecular weight excluding hydrogens is 214 g/mol. The van der Waals surface area contributed by atoms with Gasteiger partial charge in [0.05, 0.1) is 7.11 Å². The minimum absolute atomic E-state index is 0.0874. The Balaban J connectivity index is 2.69. The van der Waals surface area contributed by atoms with Crippen LogP contribution in [-0.4, -0.2) is 25.0 Å². The fourth-order valence-electron chi connectivity index (χ4n) is 0.944. The number of hydroxylamine groups is 2. The van der Waals surface area contributed by atoms with Crippen molar-refractivity contribution < 1.29 is 9.63 Å². The van der Waals surface area contributed by atoms with Crippen molar-refractivity contribution in [1.29, 1.82) is 0 Å². The minimum Gasteiger partial charge on any atom is -0.289 e. The standard InChI is InChI=1S/C11H12ClNO2/c1-13(15-2)8-7-11(14)9-3-5-10(12)6-4-9/h3-8H,1-2H3/b8-7+. The molecule has 0 fully saturated rings. The first-order valence-electron chi connectivity index (χ1n) is 4.38. The van der Waals surface area contributed by atoms with Crippen molar-refractivity contribution >= 4 is 17.4 Å². The molecule has 80 valence electrons. The molecule has 0 radical (unpaired) electrons. The van der Waals surface area contributed by atoms with Gasteiger partial charge in [-0.05, 0) is 24.3 Å². The van der Waals surface area contributed by atoms with Crippen molar-refractivity contribution in [1.82, 2.24) is 5.06 Å². The molecule has 3 nitrogen and oxygen atoms in total. The van der Waals surface area contributed by atoms with Crippen molar-refractivity contribution in [3.8, 4) is 0 Å². The number of ketones is 1. The molecule has 1 rings (SSSR count). The summed E-state index contributed by atoms with van der Waals surface area (Å²) in [6.45, 7) is 0. The van der Waals surface area contributed by atoms with E-state index in [9.17, 15) is 4.79 Å². The molecule has 15 heavy (non-hydrogen) atoms. The van der Waals surface area contributed by atoms with Crippen LogP contribution in [0.2, 0.25) is 5.02 Å². The second kappa shape index (κ2) is 5.53. The van der Waals surface area contributed by atoms with E-state index in [1.165, 1.54) is 18.2 Å². The van der Waals surface area contributed by atoms with E-state index < -0.39 is 0 Å². The average Bonchev–Trinajstić information content (AvgIpc) is 2.26. The first-order valence-corrected chi connectivity index (χ1v) is 4.76. The molecule has 0 aliphatic rings. The third-order valence-electron chi connectivity index (χ3n) is 1.85. The van der Waals surface area contributed by atoms with Gasteiger partial charge in [0.25, 0.3) is 0 Å². The van der Waals surface area contributed by atoms with Gasteiger partial charge in [0.15, 0.2) is 5.78 Å². The van der Waals surface area contributed by atoms with Crippen LogP contribution >= 0.6 is 11.6 Å². The molecule has 0 unspecified atom stereocenters. The number of benzene rings is 1. The van der Waals surface area contributed by atoms with Crippen LogP contribution in [0.1, 0.15) is 10.4 Å². The third-order valence-corrected chi connectivity index (χ3v) is 2.10. The van der Waals surface area contributed by atoms with Gasteiger partial charge in [-0.2, -0.15) is 0 Å². The quantitative estimate of drug-likeness (QED) is 0.448. The molecule has 1 aromatic rings. The maximum atomic E-state index is 11.6. The Labute approximate surface area is 93.9 Å². The Hall–Kier alpha value is -1.32.